The minimum Gasteiger partial charge on any atom is -0.460 e. The van der Waals surface area contributed by atoms with Crippen molar-refractivity contribution in [3.63, 3.8) is 0 Å². The maximum absolute atomic E-state index is 11.4. The summed E-state index contributed by atoms with van der Waals surface area (Å²) >= 11 is 0. The zero-order valence-corrected chi connectivity index (χ0v) is 22.1. The maximum Gasteiger partial charge on any atom is 0.407 e. The van der Waals surface area contributed by atoms with E-state index < -0.39 is 17.7 Å². The first kappa shape index (κ1) is 34.2. The number of rotatable bonds is 25. The van der Waals surface area contributed by atoms with Gasteiger partial charge >= 0.3 is 12.1 Å². The lowest BCUT2D eigenvalue weighted by atomic mass is 10.2. The van der Waals surface area contributed by atoms with E-state index in [9.17, 15) is 9.59 Å². The Morgan fingerprint density at radius 3 is 1.28 bits per heavy atom. The molecule has 0 atom stereocenters. The highest BCUT2D eigenvalue weighted by molar-refractivity contribution is 5.81. The maximum atomic E-state index is 11.4. The fourth-order valence-corrected chi connectivity index (χ4v) is 2.22. The van der Waals surface area contributed by atoms with Crippen molar-refractivity contribution >= 4 is 12.1 Å². The first-order valence-electron chi connectivity index (χ1n) is 12.2. The Hall–Kier alpha value is -1.80. The Morgan fingerprint density at radius 2 is 0.944 bits per heavy atom. The van der Waals surface area contributed by atoms with Gasteiger partial charge in [0.2, 0.25) is 0 Å². The van der Waals surface area contributed by atoms with Crippen LogP contribution in [-0.2, 0) is 47.4 Å². The van der Waals surface area contributed by atoms with Gasteiger partial charge in [0.1, 0.15) is 12.2 Å². The molecule has 36 heavy (non-hydrogen) atoms. The Bertz CT molecular complexity index is 541. The SMILES string of the molecule is C=CC(=O)OCCOCCOCCOCCOCCOCCOCCOCCNC(=O)OC(C)(C)C. The van der Waals surface area contributed by atoms with Crippen LogP contribution < -0.4 is 5.32 Å². The molecule has 0 bridgehead atoms. The molecule has 0 aromatic carbocycles. The molecule has 0 aromatic rings. The van der Waals surface area contributed by atoms with E-state index in [4.69, 9.17) is 42.6 Å². The average Bonchev–Trinajstić information content (AvgIpc) is 2.82. The molecule has 212 valence electrons. The fourth-order valence-electron chi connectivity index (χ4n) is 2.22. The quantitative estimate of drug-likeness (QED) is 0.106. The number of hydrogen-bond donors (Lipinski definition) is 1. The summed E-state index contributed by atoms with van der Waals surface area (Å²) in [7, 11) is 0. The van der Waals surface area contributed by atoms with Gasteiger partial charge < -0.3 is 47.9 Å². The number of esters is 1. The summed E-state index contributed by atoms with van der Waals surface area (Å²) < 4.78 is 47.5. The molecule has 0 heterocycles. The van der Waals surface area contributed by atoms with E-state index >= 15 is 0 Å². The molecule has 0 aliphatic carbocycles. The normalized spacial score (nSPS) is 11.3. The number of nitrogens with one attached hydrogen (secondary N) is 1. The third-order valence-electron chi connectivity index (χ3n) is 3.79. The molecule has 0 fully saturated rings. The van der Waals surface area contributed by atoms with Gasteiger partial charge in [-0.15, -0.1) is 0 Å². The van der Waals surface area contributed by atoms with E-state index in [0.717, 1.165) is 6.08 Å². The third-order valence-corrected chi connectivity index (χ3v) is 3.79. The summed E-state index contributed by atoms with van der Waals surface area (Å²) in [6.07, 6.45) is 0.654. The third kappa shape index (κ3) is 28.4. The largest absolute Gasteiger partial charge is 0.460 e. The molecule has 0 radical (unpaired) electrons. The van der Waals surface area contributed by atoms with E-state index in [-0.39, 0.29) is 6.61 Å². The molecule has 12 heteroatoms. The summed E-state index contributed by atoms with van der Waals surface area (Å²) in [6.45, 7) is 15.6. The van der Waals surface area contributed by atoms with E-state index in [1.165, 1.54) is 0 Å². The Kier molecular flexibility index (Phi) is 23.6. The second kappa shape index (κ2) is 24.9. The van der Waals surface area contributed by atoms with Gasteiger partial charge in [-0.1, -0.05) is 6.58 Å². The van der Waals surface area contributed by atoms with Crippen molar-refractivity contribution in [2.75, 3.05) is 106 Å². The van der Waals surface area contributed by atoms with Crippen molar-refractivity contribution in [2.24, 2.45) is 0 Å². The van der Waals surface area contributed by atoms with Crippen molar-refractivity contribution in [3.05, 3.63) is 12.7 Å². The zero-order chi connectivity index (χ0) is 26.7. The van der Waals surface area contributed by atoms with E-state index in [0.29, 0.717) is 99.0 Å². The van der Waals surface area contributed by atoms with Crippen LogP contribution in [0.1, 0.15) is 20.8 Å². The average molecular weight is 524 g/mol. The predicted octanol–water partition coefficient (Wildman–Crippen LogP) is 1.36. The highest BCUT2D eigenvalue weighted by atomic mass is 16.6. The number of carbonyl (C=O) groups is 2. The predicted molar refractivity (Wildman–Crippen MR) is 131 cm³/mol. The highest BCUT2D eigenvalue weighted by Crippen LogP contribution is 2.06. The van der Waals surface area contributed by atoms with E-state index in [2.05, 4.69) is 11.9 Å². The van der Waals surface area contributed by atoms with Crippen LogP contribution in [0.5, 0.6) is 0 Å². The van der Waals surface area contributed by atoms with Crippen molar-refractivity contribution in [1.29, 1.82) is 0 Å². The smallest absolute Gasteiger partial charge is 0.407 e. The Morgan fingerprint density at radius 1 is 0.611 bits per heavy atom. The Balaban J connectivity index is 3.13. The summed E-state index contributed by atoms with van der Waals surface area (Å²) in [4.78, 5) is 22.2. The molecule has 0 rings (SSSR count). The number of carbonyl (C=O) groups excluding carboxylic acids is 2. The van der Waals surface area contributed by atoms with Crippen molar-refractivity contribution in [1.82, 2.24) is 5.32 Å². The van der Waals surface area contributed by atoms with Crippen LogP contribution in [0.3, 0.4) is 0 Å². The summed E-state index contributed by atoms with van der Waals surface area (Å²) in [6, 6.07) is 0. The molecule has 1 amide bonds. The van der Waals surface area contributed by atoms with Crippen LogP contribution in [0.15, 0.2) is 12.7 Å². The van der Waals surface area contributed by atoms with Crippen molar-refractivity contribution in [2.45, 2.75) is 26.4 Å². The molecule has 0 saturated carbocycles. The lowest BCUT2D eigenvalue weighted by Crippen LogP contribution is -2.34. The van der Waals surface area contributed by atoms with Gasteiger partial charge in [0.15, 0.2) is 0 Å². The van der Waals surface area contributed by atoms with Crippen LogP contribution in [0.4, 0.5) is 4.79 Å². The lowest BCUT2D eigenvalue weighted by Gasteiger charge is -2.19. The molecule has 12 nitrogen and oxygen atoms in total. The zero-order valence-electron chi connectivity index (χ0n) is 22.1. The Labute approximate surface area is 214 Å². The second-order valence-corrected chi connectivity index (χ2v) is 8.09. The lowest BCUT2D eigenvalue weighted by molar-refractivity contribution is -0.139. The van der Waals surface area contributed by atoms with Gasteiger partial charge in [-0.25, -0.2) is 9.59 Å². The number of alkyl carbamates (subject to hydrolysis) is 1. The summed E-state index contributed by atoms with van der Waals surface area (Å²) in [5.74, 6) is -0.462. The minimum atomic E-state index is -0.511. The van der Waals surface area contributed by atoms with Gasteiger partial charge in [-0.05, 0) is 20.8 Å². The molecule has 0 aromatic heterocycles. The molecule has 0 aliphatic rings. The second-order valence-electron chi connectivity index (χ2n) is 8.09. The summed E-state index contributed by atoms with van der Waals surface area (Å²) in [5.41, 5.74) is -0.511. The highest BCUT2D eigenvalue weighted by Gasteiger charge is 2.15. The monoisotopic (exact) mass is 523 g/mol. The molecule has 0 unspecified atom stereocenters. The van der Waals surface area contributed by atoms with E-state index in [1.807, 2.05) is 20.8 Å². The van der Waals surface area contributed by atoms with Crippen LogP contribution in [0.25, 0.3) is 0 Å². The van der Waals surface area contributed by atoms with Gasteiger partial charge in [0, 0.05) is 12.6 Å². The van der Waals surface area contributed by atoms with Crippen molar-refractivity contribution < 1.29 is 52.2 Å². The van der Waals surface area contributed by atoms with E-state index in [1.54, 1.807) is 0 Å². The van der Waals surface area contributed by atoms with Gasteiger partial charge in [0.05, 0.1) is 92.5 Å². The molecular formula is C24H45NO11. The van der Waals surface area contributed by atoms with Crippen LogP contribution in [0, 0.1) is 0 Å². The van der Waals surface area contributed by atoms with Crippen molar-refractivity contribution in [3.8, 4) is 0 Å². The number of amides is 1. The van der Waals surface area contributed by atoms with Gasteiger partial charge in [-0.2, -0.15) is 0 Å². The van der Waals surface area contributed by atoms with Crippen LogP contribution in [-0.4, -0.2) is 123 Å². The van der Waals surface area contributed by atoms with Gasteiger partial charge in [0.25, 0.3) is 0 Å². The number of ether oxygens (including phenoxy) is 9. The number of hydrogen-bond acceptors (Lipinski definition) is 11. The minimum absolute atomic E-state index is 0.196. The topological polar surface area (TPSA) is 129 Å². The van der Waals surface area contributed by atoms with Gasteiger partial charge in [-0.3, -0.25) is 0 Å². The first-order valence-corrected chi connectivity index (χ1v) is 12.2. The van der Waals surface area contributed by atoms with Crippen LogP contribution in [0.2, 0.25) is 0 Å². The van der Waals surface area contributed by atoms with Crippen LogP contribution >= 0.6 is 0 Å². The summed E-state index contributed by atoms with van der Waals surface area (Å²) in [5, 5.41) is 2.62. The molecule has 0 aliphatic heterocycles. The molecule has 0 saturated heterocycles. The fraction of sp³-hybridized carbons (Fsp3) is 0.833. The molecular weight excluding hydrogens is 478 g/mol. The molecule has 0 spiro atoms. The molecule has 1 N–H and O–H groups in total. The standard InChI is InChI=1S/C24H45NO11/c1-5-22(26)35-21-20-34-19-18-33-17-16-32-15-14-31-13-12-30-11-10-29-9-8-28-7-6-25-23(27)36-24(2,3)4/h5H,1,6-21H2,2-4H3,(H,25,27). The first-order chi connectivity index (χ1) is 17.3.